The normalized spacial score (nSPS) is 41.4. The van der Waals surface area contributed by atoms with E-state index in [4.69, 9.17) is 14.2 Å². The second-order valence-electron chi connectivity index (χ2n) is 8.38. The van der Waals surface area contributed by atoms with Crippen molar-refractivity contribution in [1.82, 2.24) is 0 Å². The van der Waals surface area contributed by atoms with Crippen LogP contribution in [0.4, 0.5) is 0 Å². The second kappa shape index (κ2) is 7.67. The molecule has 0 amide bonds. The van der Waals surface area contributed by atoms with Crippen LogP contribution in [-0.2, 0) is 23.8 Å². The van der Waals surface area contributed by atoms with Gasteiger partial charge in [0.05, 0.1) is 13.2 Å². The van der Waals surface area contributed by atoms with Crippen molar-refractivity contribution < 1.29 is 44.2 Å². The molecule has 30 heavy (non-hydrogen) atoms. The first-order valence-corrected chi connectivity index (χ1v) is 9.99. The first-order chi connectivity index (χ1) is 14.2. The summed E-state index contributed by atoms with van der Waals surface area (Å²) in [6.45, 7) is 4.90. The predicted molar refractivity (Wildman–Crippen MR) is 101 cm³/mol. The van der Waals surface area contributed by atoms with Crippen molar-refractivity contribution in [2.75, 3.05) is 13.2 Å². The third-order valence-corrected chi connectivity index (χ3v) is 6.58. The molecule has 2 aliphatic heterocycles. The van der Waals surface area contributed by atoms with E-state index >= 15 is 0 Å². The van der Waals surface area contributed by atoms with Gasteiger partial charge in [0.25, 0.3) is 0 Å². The summed E-state index contributed by atoms with van der Waals surface area (Å²) in [5, 5.41) is 39.3. The van der Waals surface area contributed by atoms with E-state index in [9.17, 15) is 30.0 Å². The van der Waals surface area contributed by atoms with Crippen LogP contribution < -0.4 is 0 Å². The lowest BCUT2D eigenvalue weighted by Crippen LogP contribution is -2.59. The molecule has 2 fully saturated rings. The van der Waals surface area contributed by atoms with Crippen molar-refractivity contribution in [1.29, 1.82) is 0 Å². The van der Waals surface area contributed by atoms with Crippen LogP contribution in [0.3, 0.4) is 0 Å². The van der Waals surface area contributed by atoms with Gasteiger partial charge >= 0.3 is 5.97 Å². The number of allylic oxidation sites excluding steroid dienone is 2. The van der Waals surface area contributed by atoms with Gasteiger partial charge in [-0.2, -0.15) is 0 Å². The van der Waals surface area contributed by atoms with Crippen LogP contribution in [-0.4, -0.2) is 81.7 Å². The molecule has 0 aromatic carbocycles. The molecule has 4 rings (SSSR count). The van der Waals surface area contributed by atoms with Gasteiger partial charge in [-0.3, -0.25) is 4.79 Å². The van der Waals surface area contributed by atoms with Gasteiger partial charge in [-0.15, -0.1) is 0 Å². The van der Waals surface area contributed by atoms with Gasteiger partial charge in [0.1, 0.15) is 24.4 Å². The maximum Gasteiger partial charge on any atom is 0.334 e. The number of rotatable bonds is 4. The van der Waals surface area contributed by atoms with Crippen molar-refractivity contribution >= 4 is 11.8 Å². The largest absolute Gasteiger partial charge is 0.446 e. The molecule has 0 aromatic heterocycles. The first-order valence-electron chi connectivity index (χ1n) is 9.99. The molecule has 9 heteroatoms. The molecule has 4 aliphatic rings. The van der Waals surface area contributed by atoms with Crippen molar-refractivity contribution in [3.63, 3.8) is 0 Å². The van der Waals surface area contributed by atoms with Crippen molar-refractivity contribution in [3.8, 4) is 0 Å². The third kappa shape index (κ3) is 3.17. The summed E-state index contributed by atoms with van der Waals surface area (Å²) in [6, 6.07) is 0. The lowest BCUT2D eigenvalue weighted by atomic mass is 9.77. The number of aliphatic hydroxyl groups is 4. The quantitative estimate of drug-likeness (QED) is 0.341. The van der Waals surface area contributed by atoms with E-state index in [-0.39, 0.29) is 18.3 Å². The molecular formula is C21H26O9. The summed E-state index contributed by atoms with van der Waals surface area (Å²) < 4.78 is 16.8. The van der Waals surface area contributed by atoms with Gasteiger partial charge < -0.3 is 34.6 Å². The number of carbonyl (C=O) groups excluding carboxylic acids is 2. The van der Waals surface area contributed by atoms with E-state index in [2.05, 4.69) is 6.58 Å². The number of ether oxygens (including phenoxy) is 3. The minimum absolute atomic E-state index is 0.125. The number of aliphatic hydroxyl groups excluding tert-OH is 4. The Hall–Kier alpha value is -1.88. The highest BCUT2D eigenvalue weighted by Gasteiger charge is 2.56. The van der Waals surface area contributed by atoms with Gasteiger partial charge in [-0.1, -0.05) is 12.2 Å². The van der Waals surface area contributed by atoms with Crippen molar-refractivity contribution in [2.45, 2.75) is 62.5 Å². The fourth-order valence-electron chi connectivity index (χ4n) is 4.84. The Balaban J connectivity index is 1.59. The molecule has 2 heterocycles. The molecule has 7 atom stereocenters. The Morgan fingerprint density at radius 1 is 1.23 bits per heavy atom. The average Bonchev–Trinajstić information content (AvgIpc) is 2.89. The van der Waals surface area contributed by atoms with E-state index < -0.39 is 48.9 Å². The zero-order chi connectivity index (χ0) is 21.8. The number of hydrogen-bond acceptors (Lipinski definition) is 9. The van der Waals surface area contributed by atoms with Crippen LogP contribution >= 0.6 is 0 Å². The van der Waals surface area contributed by atoms with E-state index in [1.165, 1.54) is 6.08 Å². The highest BCUT2D eigenvalue weighted by Crippen LogP contribution is 2.51. The summed E-state index contributed by atoms with van der Waals surface area (Å²) in [5.74, 6) is -0.923. The van der Waals surface area contributed by atoms with Gasteiger partial charge in [0, 0.05) is 23.1 Å². The Kier molecular flexibility index (Phi) is 5.46. The van der Waals surface area contributed by atoms with Crippen molar-refractivity contribution in [2.24, 2.45) is 5.92 Å². The topological polar surface area (TPSA) is 143 Å². The summed E-state index contributed by atoms with van der Waals surface area (Å²) in [5.41, 5.74) is 0.867. The lowest BCUT2D eigenvalue weighted by molar-refractivity contribution is -0.299. The van der Waals surface area contributed by atoms with E-state index in [0.29, 0.717) is 36.0 Å². The summed E-state index contributed by atoms with van der Waals surface area (Å²) >= 11 is 0. The van der Waals surface area contributed by atoms with Gasteiger partial charge in [-0.05, 0) is 31.8 Å². The van der Waals surface area contributed by atoms with Gasteiger partial charge in [0.2, 0.25) is 0 Å². The first kappa shape index (κ1) is 21.4. The zero-order valence-corrected chi connectivity index (χ0v) is 16.6. The van der Waals surface area contributed by atoms with Crippen LogP contribution in [0.2, 0.25) is 0 Å². The van der Waals surface area contributed by atoms with E-state index in [1.807, 2.05) is 6.92 Å². The van der Waals surface area contributed by atoms with Crippen LogP contribution in [0.1, 0.15) is 26.2 Å². The van der Waals surface area contributed by atoms with Crippen molar-refractivity contribution in [3.05, 3.63) is 34.9 Å². The van der Waals surface area contributed by atoms with Crippen LogP contribution in [0.5, 0.6) is 0 Å². The lowest BCUT2D eigenvalue weighted by Gasteiger charge is -2.42. The monoisotopic (exact) mass is 422 g/mol. The predicted octanol–water partition coefficient (Wildman–Crippen LogP) is -0.720. The molecule has 2 saturated heterocycles. The molecule has 0 saturated carbocycles. The Bertz CT molecular complexity index is 841. The average molecular weight is 422 g/mol. The number of hydrogen-bond donors (Lipinski definition) is 4. The molecule has 2 aliphatic carbocycles. The third-order valence-electron chi connectivity index (χ3n) is 6.58. The summed E-state index contributed by atoms with van der Waals surface area (Å²) in [7, 11) is 0. The maximum atomic E-state index is 12.8. The minimum Gasteiger partial charge on any atom is -0.446 e. The molecular weight excluding hydrogens is 396 g/mol. The molecule has 1 spiro atoms. The van der Waals surface area contributed by atoms with Crippen LogP contribution in [0.15, 0.2) is 34.9 Å². The minimum atomic E-state index is -1.57. The SMILES string of the molecule is C=C1C(=O)OC23CC1CCC(C)=C2C(=O)C=C3COC1OC(CO)C(O)C(O)C1O. The zero-order valence-electron chi connectivity index (χ0n) is 16.6. The highest BCUT2D eigenvalue weighted by atomic mass is 16.7. The van der Waals surface area contributed by atoms with E-state index in [1.54, 1.807) is 0 Å². The molecule has 7 unspecified atom stereocenters. The Labute approximate surface area is 173 Å². The molecule has 2 bridgehead atoms. The Morgan fingerprint density at radius 2 is 1.97 bits per heavy atom. The fourth-order valence-corrected chi connectivity index (χ4v) is 4.84. The van der Waals surface area contributed by atoms with E-state index in [0.717, 1.165) is 5.57 Å². The number of fused-ring (bicyclic) bond motifs is 1. The van der Waals surface area contributed by atoms with Gasteiger partial charge in [0.15, 0.2) is 17.7 Å². The summed E-state index contributed by atoms with van der Waals surface area (Å²) in [6.07, 6.45) is -3.98. The standard InChI is InChI=1S/C21H26O9/c1-9-3-4-11-6-21(30-19(27)10(11)2)12(5-13(23)15(9)21)8-28-20-18(26)17(25)16(24)14(7-22)29-20/h5,11,14,16-18,20,22,24-26H,2-4,6-8H2,1H3. The molecule has 4 N–H and O–H groups in total. The molecule has 164 valence electrons. The van der Waals surface area contributed by atoms with Gasteiger partial charge in [-0.25, -0.2) is 4.79 Å². The smallest absolute Gasteiger partial charge is 0.334 e. The number of ketones is 1. The molecule has 0 aromatic rings. The number of carbonyl (C=O) groups is 2. The maximum absolute atomic E-state index is 12.8. The number of esters is 1. The van der Waals surface area contributed by atoms with Crippen LogP contribution in [0, 0.1) is 5.92 Å². The molecule has 9 nitrogen and oxygen atoms in total. The second-order valence-corrected chi connectivity index (χ2v) is 8.38. The van der Waals surface area contributed by atoms with Crippen LogP contribution in [0.25, 0.3) is 0 Å². The summed E-state index contributed by atoms with van der Waals surface area (Å²) in [4.78, 5) is 25.3. The highest BCUT2D eigenvalue weighted by molar-refractivity contribution is 6.12. The Morgan fingerprint density at radius 3 is 2.67 bits per heavy atom. The molecule has 0 radical (unpaired) electrons. The fraction of sp³-hybridized carbons (Fsp3) is 0.619.